The highest BCUT2D eigenvalue weighted by Gasteiger charge is 2.20. The molecule has 2 atom stereocenters. The monoisotopic (exact) mass is 928 g/mol. The van der Waals surface area contributed by atoms with E-state index in [0.29, 0.717) is 25.9 Å². The number of nitrogens with one attached hydrogen (secondary N) is 1. The average Bonchev–Trinajstić information content (AvgIpc) is 3.32. The number of amides is 1. The van der Waals surface area contributed by atoms with Crippen molar-refractivity contribution in [2.24, 2.45) is 0 Å². The van der Waals surface area contributed by atoms with Crippen LogP contribution in [0.25, 0.3) is 0 Å². The van der Waals surface area contributed by atoms with E-state index >= 15 is 0 Å². The molecule has 0 fully saturated rings. The highest BCUT2D eigenvalue weighted by Crippen LogP contribution is 2.17. The van der Waals surface area contributed by atoms with Gasteiger partial charge in [-0.3, -0.25) is 9.59 Å². The number of rotatable bonds is 54. The zero-order valence-electron chi connectivity index (χ0n) is 44.2. The van der Waals surface area contributed by atoms with Crippen molar-refractivity contribution in [3.05, 3.63) is 36.5 Å². The van der Waals surface area contributed by atoms with E-state index < -0.39 is 12.1 Å². The number of carbonyl (C=O) groups excluding carboxylic acids is 2. The lowest BCUT2D eigenvalue weighted by molar-refractivity contribution is -0.143. The smallest absolute Gasteiger partial charge is 0.305 e. The van der Waals surface area contributed by atoms with Gasteiger partial charge in [0.25, 0.3) is 0 Å². The third kappa shape index (κ3) is 51.5. The first-order chi connectivity index (χ1) is 32.5. The van der Waals surface area contributed by atoms with Gasteiger partial charge in [0.2, 0.25) is 5.91 Å². The van der Waals surface area contributed by atoms with Crippen LogP contribution in [-0.2, 0) is 14.3 Å². The number of aliphatic hydroxyl groups is 2. The molecule has 3 N–H and O–H groups in total. The molecule has 0 aromatic rings. The normalized spacial score (nSPS) is 12.8. The maximum atomic E-state index is 12.4. The van der Waals surface area contributed by atoms with Gasteiger partial charge in [0, 0.05) is 12.8 Å². The first-order valence-electron chi connectivity index (χ1n) is 29.2. The summed E-state index contributed by atoms with van der Waals surface area (Å²) >= 11 is 0. The molecular formula is C60H113NO5. The Bertz CT molecular complexity index is 1070. The minimum Gasteiger partial charge on any atom is -0.466 e. The summed E-state index contributed by atoms with van der Waals surface area (Å²) < 4.78 is 5.47. The van der Waals surface area contributed by atoms with Gasteiger partial charge in [0.15, 0.2) is 0 Å². The molecule has 66 heavy (non-hydrogen) atoms. The fraction of sp³-hybridized carbons (Fsp3) is 0.867. The molecule has 0 aliphatic heterocycles. The van der Waals surface area contributed by atoms with E-state index in [1.54, 1.807) is 0 Å². The second-order valence-electron chi connectivity index (χ2n) is 20.0. The Labute approximate surface area is 411 Å². The van der Waals surface area contributed by atoms with Crippen LogP contribution in [0.2, 0.25) is 0 Å². The molecule has 0 aromatic heterocycles. The average molecular weight is 929 g/mol. The summed E-state index contributed by atoms with van der Waals surface area (Å²) in [6, 6.07) is -0.543. The van der Waals surface area contributed by atoms with Gasteiger partial charge in [-0.15, -0.1) is 0 Å². The Kier molecular flexibility index (Phi) is 54.1. The Balaban J connectivity index is 3.39. The van der Waals surface area contributed by atoms with Gasteiger partial charge in [0.05, 0.1) is 25.4 Å². The minimum absolute atomic E-state index is 0.00242. The molecule has 0 aliphatic rings. The van der Waals surface area contributed by atoms with Gasteiger partial charge in [-0.05, 0) is 77.0 Å². The molecule has 0 saturated carbocycles. The Morgan fingerprint density at radius 2 is 0.773 bits per heavy atom. The van der Waals surface area contributed by atoms with Crippen LogP contribution in [-0.4, -0.2) is 47.4 Å². The summed E-state index contributed by atoms with van der Waals surface area (Å²) in [5, 5.41) is 23.2. The van der Waals surface area contributed by atoms with Gasteiger partial charge in [-0.2, -0.15) is 0 Å². The SMILES string of the molecule is CCCC/C=C\C/C=C\CCCCCCCC(=O)OCCCCCCCCCCCCCC/C=C\CCCCCCCCCCC(=O)NC(CO)C(O)CCCCCCCCCCCCC. The summed E-state index contributed by atoms with van der Waals surface area (Å²) in [6.07, 6.45) is 68.6. The molecule has 388 valence electrons. The summed E-state index contributed by atoms with van der Waals surface area (Å²) in [5.74, 6) is -0.0430. The fourth-order valence-electron chi connectivity index (χ4n) is 8.89. The summed E-state index contributed by atoms with van der Waals surface area (Å²) in [5.41, 5.74) is 0. The second kappa shape index (κ2) is 55.7. The first kappa shape index (κ1) is 64.1. The highest BCUT2D eigenvalue weighted by atomic mass is 16.5. The molecule has 6 nitrogen and oxygen atoms in total. The van der Waals surface area contributed by atoms with Gasteiger partial charge in [-0.1, -0.05) is 256 Å². The van der Waals surface area contributed by atoms with Gasteiger partial charge >= 0.3 is 5.97 Å². The Morgan fingerprint density at radius 1 is 0.424 bits per heavy atom. The van der Waals surface area contributed by atoms with E-state index in [4.69, 9.17) is 4.74 Å². The zero-order valence-corrected chi connectivity index (χ0v) is 44.2. The van der Waals surface area contributed by atoms with Crippen LogP contribution in [0.4, 0.5) is 0 Å². The zero-order chi connectivity index (χ0) is 47.9. The molecule has 0 aliphatic carbocycles. The lowest BCUT2D eigenvalue weighted by atomic mass is 10.0. The lowest BCUT2D eigenvalue weighted by Crippen LogP contribution is -2.45. The molecular weight excluding hydrogens is 815 g/mol. The second-order valence-corrected chi connectivity index (χ2v) is 20.0. The van der Waals surface area contributed by atoms with E-state index in [9.17, 15) is 19.8 Å². The molecule has 0 spiro atoms. The maximum absolute atomic E-state index is 12.4. The lowest BCUT2D eigenvalue weighted by Gasteiger charge is -2.22. The number of unbranched alkanes of at least 4 members (excludes halogenated alkanes) is 37. The number of allylic oxidation sites excluding steroid dienone is 6. The van der Waals surface area contributed by atoms with E-state index in [2.05, 4.69) is 55.6 Å². The van der Waals surface area contributed by atoms with Gasteiger partial charge in [-0.25, -0.2) is 0 Å². The highest BCUT2D eigenvalue weighted by molar-refractivity contribution is 5.76. The molecule has 1 amide bonds. The van der Waals surface area contributed by atoms with E-state index in [1.807, 2.05) is 0 Å². The summed E-state index contributed by atoms with van der Waals surface area (Å²) in [7, 11) is 0. The van der Waals surface area contributed by atoms with Crippen LogP contribution in [0.3, 0.4) is 0 Å². The predicted octanol–water partition coefficient (Wildman–Crippen LogP) is 18.0. The van der Waals surface area contributed by atoms with E-state index in [0.717, 1.165) is 51.4 Å². The summed E-state index contributed by atoms with van der Waals surface area (Å²) in [6.45, 7) is 4.90. The maximum Gasteiger partial charge on any atom is 0.305 e. The molecule has 0 aromatic carbocycles. The van der Waals surface area contributed by atoms with Gasteiger partial charge in [0.1, 0.15) is 0 Å². The Morgan fingerprint density at radius 3 is 1.21 bits per heavy atom. The molecule has 6 heteroatoms. The van der Waals surface area contributed by atoms with Crippen LogP contribution in [0.5, 0.6) is 0 Å². The van der Waals surface area contributed by atoms with Crippen molar-refractivity contribution in [1.82, 2.24) is 5.32 Å². The molecule has 0 bridgehead atoms. The van der Waals surface area contributed by atoms with Crippen molar-refractivity contribution in [2.45, 2.75) is 321 Å². The Hall–Kier alpha value is -1.92. The molecule has 0 heterocycles. The largest absolute Gasteiger partial charge is 0.466 e. The van der Waals surface area contributed by atoms with Crippen molar-refractivity contribution in [3.8, 4) is 0 Å². The van der Waals surface area contributed by atoms with Crippen LogP contribution >= 0.6 is 0 Å². The van der Waals surface area contributed by atoms with Crippen molar-refractivity contribution in [1.29, 1.82) is 0 Å². The number of esters is 1. The minimum atomic E-state index is -0.666. The number of aliphatic hydroxyl groups excluding tert-OH is 2. The number of hydrogen-bond acceptors (Lipinski definition) is 5. The van der Waals surface area contributed by atoms with E-state index in [-0.39, 0.29) is 18.5 Å². The van der Waals surface area contributed by atoms with Crippen LogP contribution in [0, 0.1) is 0 Å². The number of hydrogen-bond donors (Lipinski definition) is 3. The third-order valence-electron chi connectivity index (χ3n) is 13.4. The van der Waals surface area contributed by atoms with Crippen molar-refractivity contribution >= 4 is 11.9 Å². The quantitative estimate of drug-likeness (QED) is 0.0321. The predicted molar refractivity (Wildman–Crippen MR) is 287 cm³/mol. The first-order valence-corrected chi connectivity index (χ1v) is 29.2. The number of carbonyl (C=O) groups is 2. The van der Waals surface area contributed by atoms with Crippen LogP contribution in [0.15, 0.2) is 36.5 Å². The van der Waals surface area contributed by atoms with Crippen LogP contribution in [0.1, 0.15) is 309 Å². The topological polar surface area (TPSA) is 95.9 Å². The standard InChI is InChI=1S/C60H113NO5/c1-3-5-7-9-11-13-15-16-30-34-38-42-46-50-54-60(65)66-55-51-47-43-39-35-31-28-26-24-22-20-18-17-19-21-23-25-27-29-33-37-41-45-49-53-59(64)61-57(56-62)58(63)52-48-44-40-36-32-14-12-10-8-6-4-2/h9,11,15-16,19,21,57-58,62-63H,3-8,10,12-14,17-18,20,22-56H2,1-2H3,(H,61,64)/b11-9-,16-15-,21-19-. The molecule has 0 saturated heterocycles. The van der Waals surface area contributed by atoms with Crippen molar-refractivity contribution < 1.29 is 24.5 Å². The van der Waals surface area contributed by atoms with Crippen molar-refractivity contribution in [3.63, 3.8) is 0 Å². The molecule has 2 unspecified atom stereocenters. The fourth-order valence-corrected chi connectivity index (χ4v) is 8.89. The number of ether oxygens (including phenoxy) is 1. The van der Waals surface area contributed by atoms with Crippen LogP contribution < -0.4 is 5.32 Å². The van der Waals surface area contributed by atoms with Gasteiger partial charge < -0.3 is 20.3 Å². The third-order valence-corrected chi connectivity index (χ3v) is 13.4. The van der Waals surface area contributed by atoms with E-state index in [1.165, 1.54) is 225 Å². The molecule has 0 rings (SSSR count). The summed E-state index contributed by atoms with van der Waals surface area (Å²) in [4.78, 5) is 24.5. The van der Waals surface area contributed by atoms with Crippen molar-refractivity contribution in [2.75, 3.05) is 13.2 Å². The molecule has 0 radical (unpaired) electrons.